The lowest BCUT2D eigenvalue weighted by Crippen LogP contribution is -2.13. The van der Waals surface area contributed by atoms with E-state index >= 15 is 0 Å². The van der Waals surface area contributed by atoms with E-state index < -0.39 is 9.84 Å². The quantitative estimate of drug-likeness (QED) is 0.562. The van der Waals surface area contributed by atoms with Gasteiger partial charge in [0.05, 0.1) is 11.5 Å². The minimum atomic E-state index is -2.69. The molecule has 0 amide bonds. The molecular weight excluding hydrogens is 160 g/mol. The van der Waals surface area contributed by atoms with Crippen molar-refractivity contribution in [2.45, 2.75) is 33.1 Å². The van der Waals surface area contributed by atoms with Crippen molar-refractivity contribution in [3.8, 4) is 0 Å². The van der Waals surface area contributed by atoms with Crippen LogP contribution in [0.1, 0.15) is 33.1 Å². The van der Waals surface area contributed by atoms with Crippen LogP contribution in [0.25, 0.3) is 0 Å². The summed E-state index contributed by atoms with van der Waals surface area (Å²) in [5.74, 6) is 0.788. The minimum Gasteiger partial charge on any atom is -0.229 e. The molecule has 1 rings (SSSR count). The van der Waals surface area contributed by atoms with Crippen LogP contribution in [0.3, 0.4) is 0 Å². The summed E-state index contributed by atoms with van der Waals surface area (Å²) in [7, 11) is -2.69. The Morgan fingerprint density at radius 2 is 1.73 bits per heavy atom. The third-order valence-electron chi connectivity index (χ3n) is 2.40. The van der Waals surface area contributed by atoms with Crippen LogP contribution in [0.5, 0.6) is 0 Å². The largest absolute Gasteiger partial charge is 0.229 e. The summed E-state index contributed by atoms with van der Waals surface area (Å²) in [5, 5.41) is 0. The van der Waals surface area contributed by atoms with Crippen LogP contribution in [0.2, 0.25) is 0 Å². The van der Waals surface area contributed by atoms with Gasteiger partial charge in [-0.2, -0.15) is 0 Å². The second-order valence-corrected chi connectivity index (χ2v) is 6.47. The monoisotopic (exact) mass is 176 g/mol. The van der Waals surface area contributed by atoms with E-state index in [-0.39, 0.29) is 5.41 Å². The zero-order valence-corrected chi connectivity index (χ0v) is 8.08. The highest BCUT2D eigenvalue weighted by Crippen LogP contribution is 2.30. The smallest absolute Gasteiger partial charge is 0.150 e. The predicted molar refractivity (Wildman–Crippen MR) is 46.3 cm³/mol. The average molecular weight is 176 g/mol. The van der Waals surface area contributed by atoms with Gasteiger partial charge in [0.1, 0.15) is 9.84 Å². The van der Waals surface area contributed by atoms with Gasteiger partial charge in [-0.25, -0.2) is 8.42 Å². The molecule has 1 aliphatic heterocycles. The van der Waals surface area contributed by atoms with Crippen molar-refractivity contribution in [2.75, 3.05) is 11.5 Å². The van der Waals surface area contributed by atoms with Gasteiger partial charge in [0.15, 0.2) is 0 Å². The van der Waals surface area contributed by atoms with E-state index in [1.54, 1.807) is 0 Å². The molecule has 1 heterocycles. The van der Waals surface area contributed by atoms with Gasteiger partial charge in [-0.3, -0.25) is 0 Å². The lowest BCUT2D eigenvalue weighted by atomic mass is 9.86. The van der Waals surface area contributed by atoms with Crippen molar-refractivity contribution in [2.24, 2.45) is 5.41 Å². The third-order valence-corrected chi connectivity index (χ3v) is 4.14. The second kappa shape index (κ2) is 2.77. The van der Waals surface area contributed by atoms with Crippen LogP contribution in [0.15, 0.2) is 0 Å². The molecule has 0 aromatic rings. The molecule has 66 valence electrons. The predicted octanol–water partition coefficient (Wildman–Crippen LogP) is 1.61. The molecule has 0 spiro atoms. The van der Waals surface area contributed by atoms with E-state index in [0.717, 1.165) is 19.3 Å². The Morgan fingerprint density at radius 3 is 2.36 bits per heavy atom. The van der Waals surface area contributed by atoms with Gasteiger partial charge in [-0.15, -0.1) is 0 Å². The van der Waals surface area contributed by atoms with Crippen molar-refractivity contribution in [3.05, 3.63) is 0 Å². The van der Waals surface area contributed by atoms with Crippen molar-refractivity contribution in [3.63, 3.8) is 0 Å². The molecule has 0 atom stereocenters. The molecule has 0 N–H and O–H groups in total. The topological polar surface area (TPSA) is 34.1 Å². The summed E-state index contributed by atoms with van der Waals surface area (Å²) >= 11 is 0. The Morgan fingerprint density at radius 1 is 1.09 bits per heavy atom. The van der Waals surface area contributed by atoms with Crippen LogP contribution < -0.4 is 0 Å². The molecule has 0 radical (unpaired) electrons. The maximum Gasteiger partial charge on any atom is 0.150 e. The molecular formula is C8H16O2S. The fraction of sp³-hybridized carbons (Fsp3) is 1.00. The molecule has 0 bridgehead atoms. The minimum absolute atomic E-state index is 0.240. The van der Waals surface area contributed by atoms with Crippen LogP contribution in [-0.4, -0.2) is 19.9 Å². The van der Waals surface area contributed by atoms with Crippen molar-refractivity contribution in [1.82, 2.24) is 0 Å². The molecule has 11 heavy (non-hydrogen) atoms. The van der Waals surface area contributed by atoms with Crippen molar-refractivity contribution < 1.29 is 8.42 Å². The average Bonchev–Trinajstić information content (AvgIpc) is 1.92. The maximum atomic E-state index is 11.2. The highest BCUT2D eigenvalue weighted by Gasteiger charge is 2.25. The Bertz CT molecular complexity index is 226. The van der Waals surface area contributed by atoms with Gasteiger partial charge in [-0.1, -0.05) is 13.8 Å². The standard InChI is InChI=1S/C8H16O2S/c1-8(2)4-3-6-11(9,10)7-5-8/h3-7H2,1-2H3. The molecule has 1 fully saturated rings. The summed E-state index contributed by atoms with van der Waals surface area (Å²) in [6.45, 7) is 4.29. The van der Waals surface area contributed by atoms with E-state index in [0.29, 0.717) is 11.5 Å². The van der Waals surface area contributed by atoms with Gasteiger partial charge >= 0.3 is 0 Å². The maximum absolute atomic E-state index is 11.2. The molecule has 3 heteroatoms. The number of sulfone groups is 1. The van der Waals surface area contributed by atoms with E-state index in [1.165, 1.54) is 0 Å². The SMILES string of the molecule is CC1(C)CCCS(=O)(=O)CC1. The number of hydrogen-bond acceptors (Lipinski definition) is 2. The molecule has 0 aromatic heterocycles. The van der Waals surface area contributed by atoms with Crippen molar-refractivity contribution >= 4 is 9.84 Å². The molecule has 0 aliphatic carbocycles. The van der Waals surface area contributed by atoms with Gasteiger partial charge in [-0.05, 0) is 24.7 Å². The second-order valence-electron chi connectivity index (χ2n) is 4.17. The van der Waals surface area contributed by atoms with Gasteiger partial charge in [0.25, 0.3) is 0 Å². The fourth-order valence-corrected chi connectivity index (χ4v) is 3.08. The first-order valence-corrected chi connectivity index (χ1v) is 5.94. The molecule has 1 saturated heterocycles. The van der Waals surface area contributed by atoms with E-state index in [2.05, 4.69) is 13.8 Å². The first-order valence-electron chi connectivity index (χ1n) is 4.12. The zero-order valence-electron chi connectivity index (χ0n) is 7.26. The molecule has 2 nitrogen and oxygen atoms in total. The zero-order chi connectivity index (χ0) is 8.54. The van der Waals surface area contributed by atoms with E-state index in [4.69, 9.17) is 0 Å². The molecule has 0 saturated carbocycles. The summed E-state index contributed by atoms with van der Waals surface area (Å²) in [5.41, 5.74) is 0.240. The van der Waals surface area contributed by atoms with E-state index in [9.17, 15) is 8.42 Å². The van der Waals surface area contributed by atoms with Crippen LogP contribution >= 0.6 is 0 Å². The summed E-state index contributed by atoms with van der Waals surface area (Å²) in [6, 6.07) is 0. The third kappa shape index (κ3) is 2.81. The lowest BCUT2D eigenvalue weighted by molar-refractivity contribution is 0.327. The van der Waals surface area contributed by atoms with Crippen LogP contribution in [0.4, 0.5) is 0 Å². The number of hydrogen-bond donors (Lipinski definition) is 0. The Kier molecular flexibility index (Phi) is 2.28. The Hall–Kier alpha value is -0.0500. The summed E-state index contributed by atoms with van der Waals surface area (Å²) in [4.78, 5) is 0. The lowest BCUT2D eigenvalue weighted by Gasteiger charge is -2.20. The highest BCUT2D eigenvalue weighted by molar-refractivity contribution is 7.91. The fourth-order valence-electron chi connectivity index (χ4n) is 1.43. The molecule has 0 unspecified atom stereocenters. The van der Waals surface area contributed by atoms with Crippen molar-refractivity contribution in [1.29, 1.82) is 0 Å². The molecule has 0 aromatic carbocycles. The Labute approximate surface area is 68.9 Å². The first kappa shape index (κ1) is 9.04. The van der Waals surface area contributed by atoms with E-state index in [1.807, 2.05) is 0 Å². The van der Waals surface area contributed by atoms with Gasteiger partial charge in [0, 0.05) is 0 Å². The normalized spacial score (nSPS) is 29.3. The first-order chi connectivity index (χ1) is 4.91. The van der Waals surface area contributed by atoms with Gasteiger partial charge in [0.2, 0.25) is 0 Å². The molecule has 1 aliphatic rings. The summed E-state index contributed by atoms with van der Waals surface area (Å²) in [6.07, 6.45) is 2.72. The number of rotatable bonds is 0. The Balaban J connectivity index is 2.68. The van der Waals surface area contributed by atoms with Crippen LogP contribution in [-0.2, 0) is 9.84 Å². The highest BCUT2D eigenvalue weighted by atomic mass is 32.2. The summed E-state index contributed by atoms with van der Waals surface area (Å²) < 4.78 is 22.3. The van der Waals surface area contributed by atoms with Crippen LogP contribution in [0, 0.1) is 5.41 Å². The van der Waals surface area contributed by atoms with Gasteiger partial charge < -0.3 is 0 Å².